The topological polar surface area (TPSA) is 12.0 Å². The van der Waals surface area contributed by atoms with Crippen molar-refractivity contribution in [2.45, 2.75) is 52.1 Å². The molecule has 2 rings (SSSR count). The molecule has 1 aliphatic carbocycles. The molecule has 1 fully saturated rings. The summed E-state index contributed by atoms with van der Waals surface area (Å²) in [4.78, 5) is 1.54. The van der Waals surface area contributed by atoms with Gasteiger partial charge < -0.3 is 5.32 Å². The van der Waals surface area contributed by atoms with E-state index in [1.54, 1.807) is 0 Å². The first kappa shape index (κ1) is 11.2. The number of thiophene rings is 1. The van der Waals surface area contributed by atoms with E-state index in [0.29, 0.717) is 0 Å². The summed E-state index contributed by atoms with van der Waals surface area (Å²) in [5.41, 5.74) is 1.53. The first-order valence-electron chi connectivity index (χ1n) is 6.08. The lowest BCUT2D eigenvalue weighted by molar-refractivity contribution is 0.504. The van der Waals surface area contributed by atoms with E-state index in [-0.39, 0.29) is 0 Å². The zero-order valence-electron chi connectivity index (χ0n) is 9.75. The average molecular weight is 223 g/mol. The van der Waals surface area contributed by atoms with Crippen LogP contribution in [-0.2, 0) is 13.0 Å². The van der Waals surface area contributed by atoms with Crippen molar-refractivity contribution in [3.63, 3.8) is 0 Å². The van der Waals surface area contributed by atoms with Crippen LogP contribution in [-0.4, -0.2) is 6.04 Å². The van der Waals surface area contributed by atoms with Crippen LogP contribution >= 0.6 is 11.3 Å². The lowest BCUT2D eigenvalue weighted by Gasteiger charge is -2.12. The van der Waals surface area contributed by atoms with Gasteiger partial charge in [-0.05, 0) is 48.6 Å². The predicted molar refractivity (Wildman–Crippen MR) is 67.3 cm³/mol. The third-order valence-corrected chi connectivity index (χ3v) is 4.43. The lowest BCUT2D eigenvalue weighted by atomic mass is 10.1. The van der Waals surface area contributed by atoms with Crippen LogP contribution in [0.4, 0.5) is 0 Å². The number of hydrogen-bond donors (Lipinski definition) is 1. The molecule has 0 aromatic carbocycles. The Morgan fingerprint density at radius 3 is 3.00 bits per heavy atom. The van der Waals surface area contributed by atoms with E-state index in [4.69, 9.17) is 0 Å². The Labute approximate surface area is 96.9 Å². The molecule has 1 nitrogen and oxygen atoms in total. The summed E-state index contributed by atoms with van der Waals surface area (Å²) in [6, 6.07) is 3.03. The molecule has 15 heavy (non-hydrogen) atoms. The van der Waals surface area contributed by atoms with Gasteiger partial charge in [0.05, 0.1) is 0 Å². The second-order valence-corrected chi connectivity index (χ2v) is 5.72. The average Bonchev–Trinajstić information content (AvgIpc) is 2.83. The third-order valence-electron chi connectivity index (χ3n) is 3.46. The van der Waals surface area contributed by atoms with Crippen LogP contribution in [0.15, 0.2) is 11.4 Å². The number of nitrogens with one attached hydrogen (secondary N) is 1. The minimum atomic E-state index is 0.770. The molecular formula is C13H21NS. The van der Waals surface area contributed by atoms with Crippen LogP contribution in [0.2, 0.25) is 0 Å². The molecule has 0 spiro atoms. The maximum absolute atomic E-state index is 3.70. The summed E-state index contributed by atoms with van der Waals surface area (Å²) < 4.78 is 0. The summed E-state index contributed by atoms with van der Waals surface area (Å²) in [6.07, 6.45) is 5.31. The normalized spacial score (nSPS) is 26.0. The van der Waals surface area contributed by atoms with Crippen LogP contribution in [0.1, 0.15) is 43.6 Å². The largest absolute Gasteiger partial charge is 0.309 e. The molecule has 1 aliphatic rings. The predicted octanol–water partition coefficient (Wildman–Crippen LogP) is 3.59. The van der Waals surface area contributed by atoms with E-state index < -0.39 is 0 Å². The molecule has 1 N–H and O–H groups in total. The van der Waals surface area contributed by atoms with Crippen molar-refractivity contribution in [2.24, 2.45) is 5.92 Å². The van der Waals surface area contributed by atoms with Gasteiger partial charge in [0.1, 0.15) is 0 Å². The van der Waals surface area contributed by atoms with E-state index in [0.717, 1.165) is 18.5 Å². The van der Waals surface area contributed by atoms with Gasteiger partial charge in [-0.3, -0.25) is 0 Å². The summed E-state index contributed by atoms with van der Waals surface area (Å²) in [7, 11) is 0. The highest BCUT2D eigenvalue weighted by atomic mass is 32.1. The molecular weight excluding hydrogens is 202 g/mol. The highest BCUT2D eigenvalue weighted by Crippen LogP contribution is 2.25. The van der Waals surface area contributed by atoms with Crippen LogP contribution in [0.5, 0.6) is 0 Å². The van der Waals surface area contributed by atoms with E-state index >= 15 is 0 Å². The Kier molecular flexibility index (Phi) is 3.81. The maximum atomic E-state index is 3.70. The number of aryl methyl sites for hydroxylation is 1. The van der Waals surface area contributed by atoms with E-state index in [1.165, 1.54) is 36.1 Å². The van der Waals surface area contributed by atoms with Crippen LogP contribution in [0.25, 0.3) is 0 Å². The van der Waals surface area contributed by atoms with Gasteiger partial charge in [0.2, 0.25) is 0 Å². The second-order valence-electron chi connectivity index (χ2n) is 4.72. The number of rotatable bonds is 4. The van der Waals surface area contributed by atoms with Crippen molar-refractivity contribution in [3.05, 3.63) is 21.9 Å². The Bertz CT molecular complexity index is 305. The van der Waals surface area contributed by atoms with Gasteiger partial charge in [-0.1, -0.05) is 13.8 Å². The van der Waals surface area contributed by atoms with E-state index in [1.807, 2.05) is 11.3 Å². The Morgan fingerprint density at radius 1 is 1.47 bits per heavy atom. The SMILES string of the molecule is CCc1ccsc1CNC1CCC(C)C1. The Balaban J connectivity index is 1.83. The molecule has 2 unspecified atom stereocenters. The lowest BCUT2D eigenvalue weighted by Crippen LogP contribution is -2.25. The molecule has 1 saturated carbocycles. The molecule has 0 amide bonds. The molecule has 0 saturated heterocycles. The van der Waals surface area contributed by atoms with Crippen LogP contribution < -0.4 is 5.32 Å². The monoisotopic (exact) mass is 223 g/mol. The standard InChI is InChI=1S/C13H21NS/c1-3-11-6-7-15-13(11)9-14-12-5-4-10(2)8-12/h6-7,10,12,14H,3-5,8-9H2,1-2H3. The fourth-order valence-corrected chi connectivity index (χ4v) is 3.39. The second kappa shape index (κ2) is 5.13. The van der Waals surface area contributed by atoms with Gasteiger partial charge in [0.25, 0.3) is 0 Å². The molecule has 1 aromatic rings. The fourth-order valence-electron chi connectivity index (χ4n) is 2.47. The van der Waals surface area contributed by atoms with Gasteiger partial charge in [-0.25, -0.2) is 0 Å². The molecule has 0 bridgehead atoms. The van der Waals surface area contributed by atoms with Crippen LogP contribution in [0.3, 0.4) is 0 Å². The van der Waals surface area contributed by atoms with Gasteiger partial charge in [-0.15, -0.1) is 11.3 Å². The van der Waals surface area contributed by atoms with Crippen LogP contribution in [0, 0.1) is 5.92 Å². The van der Waals surface area contributed by atoms with Crippen molar-refractivity contribution < 1.29 is 0 Å². The molecule has 1 heterocycles. The summed E-state index contributed by atoms with van der Waals surface area (Å²) >= 11 is 1.90. The fraction of sp³-hybridized carbons (Fsp3) is 0.692. The van der Waals surface area contributed by atoms with Crippen molar-refractivity contribution in [1.29, 1.82) is 0 Å². The van der Waals surface area contributed by atoms with Crippen molar-refractivity contribution >= 4 is 11.3 Å². The smallest absolute Gasteiger partial charge is 0.0305 e. The first-order valence-corrected chi connectivity index (χ1v) is 6.96. The molecule has 2 atom stereocenters. The maximum Gasteiger partial charge on any atom is 0.0305 e. The minimum absolute atomic E-state index is 0.770. The molecule has 0 aliphatic heterocycles. The Hall–Kier alpha value is -0.340. The zero-order valence-corrected chi connectivity index (χ0v) is 10.6. The highest BCUT2D eigenvalue weighted by molar-refractivity contribution is 7.10. The summed E-state index contributed by atoms with van der Waals surface area (Å²) in [5.74, 6) is 0.927. The van der Waals surface area contributed by atoms with Gasteiger partial charge >= 0.3 is 0 Å². The van der Waals surface area contributed by atoms with Gasteiger partial charge in [-0.2, -0.15) is 0 Å². The summed E-state index contributed by atoms with van der Waals surface area (Å²) in [5, 5.41) is 5.91. The highest BCUT2D eigenvalue weighted by Gasteiger charge is 2.20. The van der Waals surface area contributed by atoms with Crippen molar-refractivity contribution in [1.82, 2.24) is 5.32 Å². The van der Waals surface area contributed by atoms with E-state index in [2.05, 4.69) is 30.6 Å². The molecule has 2 heteroatoms. The quantitative estimate of drug-likeness (QED) is 0.822. The van der Waals surface area contributed by atoms with Crippen molar-refractivity contribution in [2.75, 3.05) is 0 Å². The molecule has 1 aromatic heterocycles. The van der Waals surface area contributed by atoms with Gasteiger partial charge in [0.15, 0.2) is 0 Å². The third kappa shape index (κ3) is 2.82. The first-order chi connectivity index (χ1) is 7.29. The zero-order chi connectivity index (χ0) is 10.7. The number of hydrogen-bond acceptors (Lipinski definition) is 2. The summed E-state index contributed by atoms with van der Waals surface area (Å²) in [6.45, 7) is 5.69. The minimum Gasteiger partial charge on any atom is -0.309 e. The molecule has 84 valence electrons. The Morgan fingerprint density at radius 2 is 2.33 bits per heavy atom. The van der Waals surface area contributed by atoms with Gasteiger partial charge in [0, 0.05) is 17.5 Å². The van der Waals surface area contributed by atoms with E-state index in [9.17, 15) is 0 Å². The molecule has 0 radical (unpaired) electrons. The van der Waals surface area contributed by atoms with Crippen molar-refractivity contribution in [3.8, 4) is 0 Å².